The average Bonchev–Trinajstić information content (AvgIpc) is 4.18. The van der Waals surface area contributed by atoms with Gasteiger partial charge < -0.3 is 0 Å². The van der Waals surface area contributed by atoms with Crippen LogP contribution in [0.4, 0.5) is 0 Å². The second-order valence-electron chi connectivity index (χ2n) is 33.3. The zero-order valence-corrected chi connectivity index (χ0v) is 51.9. The molecule has 0 nitrogen and oxygen atoms in total. The maximum Gasteiger partial charge on any atom is -0.0383 e. The van der Waals surface area contributed by atoms with Crippen molar-refractivity contribution in [1.29, 1.82) is 0 Å². The Balaban J connectivity index is 0.0000000911. The lowest BCUT2D eigenvalue weighted by molar-refractivity contribution is 0.115. The zero-order chi connectivity index (χ0) is 51.9. The summed E-state index contributed by atoms with van der Waals surface area (Å²) in [6.07, 6.45) is 88.7. The number of rotatable bonds is 0. The predicted molar refractivity (Wildman–Crippen MR) is 333 cm³/mol. The van der Waals surface area contributed by atoms with Gasteiger partial charge in [0.2, 0.25) is 0 Å². The number of hydrogen-bond acceptors (Lipinski definition) is 0. The minimum atomic E-state index is 1.15. The maximum atomic E-state index is 1.58. The minimum Gasteiger partial charge on any atom is -0.0530 e. The molecule has 23 fully saturated rings. The summed E-state index contributed by atoms with van der Waals surface area (Å²) in [5.74, 6) is 23.5. The maximum absolute atomic E-state index is 1.58. The Morgan fingerprint density at radius 1 is 0.0909 bits per heavy atom. The molecule has 0 N–H and O–H groups in total. The Labute approximate surface area is 481 Å². The highest BCUT2D eigenvalue weighted by atomic mass is 14.4. The van der Waals surface area contributed by atoms with Crippen LogP contribution in [0, 0.1) is 118 Å². The molecule has 23 aliphatic carbocycles. The first-order valence-corrected chi connectivity index (χ1v) is 38.1. The quantitative estimate of drug-likeness (QED) is 0.227. The second-order valence-corrected chi connectivity index (χ2v) is 33.3. The Morgan fingerprint density at radius 3 is 0.481 bits per heavy atom. The topological polar surface area (TPSA) is 0 Å². The van der Waals surface area contributed by atoms with Crippen molar-refractivity contribution in [2.45, 2.75) is 366 Å². The molecule has 0 spiro atoms. The molecule has 0 aliphatic heterocycles. The Morgan fingerprint density at radius 2 is 0.260 bits per heavy atom. The van der Waals surface area contributed by atoms with Crippen LogP contribution < -0.4 is 0 Å². The van der Waals surface area contributed by atoms with Crippen molar-refractivity contribution in [3.8, 4) is 0 Å². The molecular formula is C77H134. The predicted octanol–water partition coefficient (Wildman–Crippen LogP) is 24.7. The molecule has 23 aliphatic rings. The minimum absolute atomic E-state index is 1.15. The lowest BCUT2D eigenvalue weighted by Gasteiger charge is -2.40. The van der Waals surface area contributed by atoms with Crippen LogP contribution in [0.1, 0.15) is 366 Å². The summed E-state index contributed by atoms with van der Waals surface area (Å²) < 4.78 is 0. The largest absolute Gasteiger partial charge is 0.0530 e. The summed E-state index contributed by atoms with van der Waals surface area (Å²) >= 11 is 0. The van der Waals surface area contributed by atoms with Crippen molar-refractivity contribution in [2.24, 2.45) is 118 Å². The van der Waals surface area contributed by atoms with E-state index in [1.54, 1.807) is 276 Å². The summed E-state index contributed by atoms with van der Waals surface area (Å²) in [6.45, 7) is 0. The fraction of sp³-hybridized carbons (Fsp3) is 1.00. The molecule has 0 aromatic carbocycles. The molecule has 0 saturated heterocycles. The highest BCUT2D eigenvalue weighted by molar-refractivity contribution is 4.90. The van der Waals surface area contributed by atoms with Gasteiger partial charge in [-0.1, -0.05) is 295 Å². The van der Waals surface area contributed by atoms with E-state index in [4.69, 9.17) is 0 Å². The average molecular weight is 1060 g/mol. The van der Waals surface area contributed by atoms with Gasteiger partial charge in [-0.3, -0.25) is 0 Å². The van der Waals surface area contributed by atoms with E-state index < -0.39 is 0 Å². The third-order valence-electron chi connectivity index (χ3n) is 28.2. The summed E-state index contributed by atoms with van der Waals surface area (Å²) in [5.41, 5.74) is 0. The van der Waals surface area contributed by atoms with Crippen molar-refractivity contribution in [2.75, 3.05) is 0 Å². The van der Waals surface area contributed by atoms with Gasteiger partial charge in [0.05, 0.1) is 0 Å². The third kappa shape index (κ3) is 18.5. The molecule has 0 radical (unpaired) electrons. The molecule has 0 heterocycles. The lowest BCUT2D eigenvalue weighted by atomic mass is 9.65. The molecule has 23 rings (SSSR count). The van der Waals surface area contributed by atoms with E-state index in [2.05, 4.69) is 0 Å². The van der Waals surface area contributed by atoms with Crippen molar-refractivity contribution < 1.29 is 0 Å². The molecule has 0 aromatic rings. The summed E-state index contributed by atoms with van der Waals surface area (Å²) in [6, 6.07) is 0. The Bertz CT molecular complexity index is 1420. The molecule has 10 bridgehead atoms. The van der Waals surface area contributed by atoms with Gasteiger partial charge in [-0.2, -0.15) is 0 Å². The van der Waals surface area contributed by atoms with Crippen molar-refractivity contribution in [3.05, 3.63) is 0 Å². The Hall–Kier alpha value is 0. The van der Waals surface area contributed by atoms with Crippen LogP contribution in [0.2, 0.25) is 0 Å². The van der Waals surface area contributed by atoms with Crippen molar-refractivity contribution in [3.63, 3.8) is 0 Å². The molecule has 10 unspecified atom stereocenters. The first-order valence-electron chi connectivity index (χ1n) is 38.1. The summed E-state index contributed by atoms with van der Waals surface area (Å²) in [5, 5.41) is 0. The number of fused-ring (bicyclic) bond motifs is 17. The third-order valence-corrected chi connectivity index (χ3v) is 28.2. The van der Waals surface area contributed by atoms with E-state index in [1.807, 2.05) is 0 Å². The Kier molecular flexibility index (Phi) is 23.8. The molecule has 0 heteroatoms. The zero-order valence-electron chi connectivity index (χ0n) is 51.9. The van der Waals surface area contributed by atoms with E-state index in [9.17, 15) is 0 Å². The highest BCUT2D eigenvalue weighted by Gasteiger charge is 2.39. The fourth-order valence-electron chi connectivity index (χ4n) is 22.4. The normalized spacial score (nSPS) is 45.8. The lowest BCUT2D eigenvalue weighted by Crippen LogP contribution is -2.28. The standard InChI is InChI=1S/C9H16.5C8H14.4C7H12/c1-2-5-9-7-3-6-8(9)4-1;1-3-7-5-2-6-8(7)4-1;1-2-8-5-3-7(1)4-6-8;1-2-7-4-5-8(3-1)6-7;1-2-4-8-5-7(3-1)6-8;1-2-4-8-6-5-7(8)3-1;1-2-7-4-3-6(1)5-7;1-2-6-4-7(3-1)5-6;1-2-6-4-5-7(6)3-1;1-2-4-7-5-6(7)3-1/h8-9H,1-7H2;5*7-8H,1-6H2;4*6-7H,1-5H2. The molecule has 0 aromatic heterocycles. The summed E-state index contributed by atoms with van der Waals surface area (Å²) in [4.78, 5) is 0. The smallest absolute Gasteiger partial charge is 0.0383 e. The van der Waals surface area contributed by atoms with Crippen LogP contribution in [0.25, 0.3) is 0 Å². The van der Waals surface area contributed by atoms with Gasteiger partial charge in [0.25, 0.3) is 0 Å². The van der Waals surface area contributed by atoms with Gasteiger partial charge >= 0.3 is 0 Å². The second kappa shape index (κ2) is 31.2. The first kappa shape index (κ1) is 58.8. The van der Waals surface area contributed by atoms with E-state index in [0.29, 0.717) is 0 Å². The first-order chi connectivity index (χ1) is 38.1. The van der Waals surface area contributed by atoms with Gasteiger partial charge in [0.1, 0.15) is 0 Å². The van der Waals surface area contributed by atoms with Crippen LogP contribution in [-0.2, 0) is 0 Å². The van der Waals surface area contributed by atoms with Gasteiger partial charge in [-0.05, 0) is 189 Å². The SMILES string of the molecule is C1CC2CC(C1)C2.C1CC2CCC(C1)C2.C1CC2CCC1C2.C1CC2CCC1CC2.C1CC2CCC2C1.C1CC2CCCC2C1.C1CCC2CC(C1)C2.C1CCC2CC2C1.C1CCC2CCC2C1.C1CCC2CCCC2C1. The van der Waals surface area contributed by atoms with Gasteiger partial charge in [-0.15, -0.1) is 0 Å². The van der Waals surface area contributed by atoms with Crippen LogP contribution >= 0.6 is 0 Å². The number of hydrogen-bond donors (Lipinski definition) is 0. The molecular weight excluding hydrogens is 925 g/mol. The molecule has 0 amide bonds. The van der Waals surface area contributed by atoms with Crippen LogP contribution in [0.3, 0.4) is 0 Å². The van der Waals surface area contributed by atoms with Crippen LogP contribution in [0.15, 0.2) is 0 Å². The van der Waals surface area contributed by atoms with Crippen molar-refractivity contribution in [1.82, 2.24) is 0 Å². The van der Waals surface area contributed by atoms with Gasteiger partial charge in [0, 0.05) is 0 Å². The van der Waals surface area contributed by atoms with Crippen molar-refractivity contribution >= 4 is 0 Å². The molecule has 23 saturated carbocycles. The van der Waals surface area contributed by atoms with Crippen LogP contribution in [-0.4, -0.2) is 0 Å². The van der Waals surface area contributed by atoms with E-state index in [1.165, 1.54) is 185 Å². The van der Waals surface area contributed by atoms with Gasteiger partial charge in [0.15, 0.2) is 0 Å². The molecule has 77 heavy (non-hydrogen) atoms. The molecule has 10 atom stereocenters. The van der Waals surface area contributed by atoms with Gasteiger partial charge in [-0.25, -0.2) is 0 Å². The van der Waals surface area contributed by atoms with E-state index >= 15 is 0 Å². The monoisotopic (exact) mass is 1060 g/mol. The van der Waals surface area contributed by atoms with E-state index in [0.717, 1.165) is 23.7 Å². The van der Waals surface area contributed by atoms with Crippen LogP contribution in [0.5, 0.6) is 0 Å². The molecule has 442 valence electrons. The highest BCUT2D eigenvalue weighted by Crippen LogP contribution is 2.51. The summed E-state index contributed by atoms with van der Waals surface area (Å²) in [7, 11) is 0. The van der Waals surface area contributed by atoms with E-state index in [-0.39, 0.29) is 0 Å². The fourth-order valence-corrected chi connectivity index (χ4v) is 22.4.